The Hall–Kier alpha value is -2.67. The van der Waals surface area contributed by atoms with Crippen molar-refractivity contribution < 1.29 is 18.0 Å². The van der Waals surface area contributed by atoms with Gasteiger partial charge in [0.1, 0.15) is 0 Å². The quantitative estimate of drug-likeness (QED) is 0.837. The smallest absolute Gasteiger partial charge is 0.255 e. The molecule has 0 aromatic heterocycles. The molecule has 7 heteroatoms. The molecule has 2 aromatic rings. The van der Waals surface area contributed by atoms with Crippen LogP contribution in [0.3, 0.4) is 0 Å². The Bertz CT molecular complexity index is 981. The maximum atomic E-state index is 12.5. The zero-order chi connectivity index (χ0) is 19.1. The van der Waals surface area contributed by atoms with Gasteiger partial charge < -0.3 is 5.32 Å². The van der Waals surface area contributed by atoms with Crippen molar-refractivity contribution in [3.63, 3.8) is 0 Å². The van der Waals surface area contributed by atoms with Gasteiger partial charge in [-0.05, 0) is 68.3 Å². The minimum atomic E-state index is -3.35. The number of anilines is 2. The van der Waals surface area contributed by atoms with E-state index in [-0.39, 0.29) is 17.7 Å². The highest BCUT2D eigenvalue weighted by molar-refractivity contribution is 7.92. The van der Waals surface area contributed by atoms with E-state index < -0.39 is 10.0 Å². The molecule has 6 nitrogen and oxygen atoms in total. The van der Waals surface area contributed by atoms with Gasteiger partial charge in [-0.2, -0.15) is 0 Å². The van der Waals surface area contributed by atoms with E-state index in [0.29, 0.717) is 28.9 Å². The van der Waals surface area contributed by atoms with Crippen LogP contribution >= 0.6 is 0 Å². The van der Waals surface area contributed by atoms with Crippen molar-refractivity contribution >= 4 is 33.1 Å². The summed E-state index contributed by atoms with van der Waals surface area (Å²) in [6.45, 7) is 3.33. The number of carbonyl (C=O) groups is 2. The van der Waals surface area contributed by atoms with Gasteiger partial charge >= 0.3 is 0 Å². The molecule has 26 heavy (non-hydrogen) atoms. The molecular weight excluding hydrogens is 352 g/mol. The molecule has 136 valence electrons. The third-order valence-corrected chi connectivity index (χ3v) is 5.67. The van der Waals surface area contributed by atoms with E-state index in [0.717, 1.165) is 5.56 Å². The predicted molar refractivity (Wildman–Crippen MR) is 101 cm³/mol. The van der Waals surface area contributed by atoms with E-state index >= 15 is 0 Å². The van der Waals surface area contributed by atoms with Crippen molar-refractivity contribution in [3.8, 4) is 0 Å². The van der Waals surface area contributed by atoms with E-state index in [1.807, 2.05) is 6.92 Å². The first-order valence-electron chi connectivity index (χ1n) is 8.21. The fourth-order valence-electron chi connectivity index (χ4n) is 3.24. The zero-order valence-electron chi connectivity index (χ0n) is 14.8. The number of benzene rings is 2. The van der Waals surface area contributed by atoms with Crippen molar-refractivity contribution in [1.82, 2.24) is 0 Å². The van der Waals surface area contributed by atoms with Crippen molar-refractivity contribution in [2.24, 2.45) is 0 Å². The largest absolute Gasteiger partial charge is 0.322 e. The van der Waals surface area contributed by atoms with Gasteiger partial charge in [0.15, 0.2) is 5.78 Å². The second kappa shape index (κ2) is 6.57. The number of sulfonamides is 1. The van der Waals surface area contributed by atoms with Crippen molar-refractivity contribution in [2.75, 3.05) is 15.9 Å². The summed E-state index contributed by atoms with van der Waals surface area (Å²) in [6, 6.07) is 11.5. The van der Waals surface area contributed by atoms with E-state index in [4.69, 9.17) is 0 Å². The Balaban J connectivity index is 1.82. The second-order valence-corrected chi connectivity index (χ2v) is 8.40. The molecular formula is C19H20N2O4S. The minimum Gasteiger partial charge on any atom is -0.322 e. The summed E-state index contributed by atoms with van der Waals surface area (Å²) in [5.41, 5.74) is 3.09. The standard InChI is InChI=1S/C19H20N2O4S/c1-12-10-16-11-15(6-9-18(16)21(12)26(3,24)25)19(23)20-17-7-4-14(5-8-17)13(2)22/h4-9,11-12H,10H2,1-3H3,(H,20,23). The summed E-state index contributed by atoms with van der Waals surface area (Å²) in [4.78, 5) is 23.8. The van der Waals surface area contributed by atoms with Crippen LogP contribution in [0, 0.1) is 0 Å². The van der Waals surface area contributed by atoms with Gasteiger partial charge in [0.2, 0.25) is 10.0 Å². The summed E-state index contributed by atoms with van der Waals surface area (Å²) in [7, 11) is -3.35. The molecule has 0 spiro atoms. The fourth-order valence-corrected chi connectivity index (χ4v) is 4.50. The molecule has 1 aliphatic heterocycles. The van der Waals surface area contributed by atoms with Crippen LogP contribution in [-0.4, -0.2) is 32.4 Å². The van der Waals surface area contributed by atoms with Crippen LogP contribution in [0.1, 0.15) is 40.1 Å². The van der Waals surface area contributed by atoms with E-state index in [1.165, 1.54) is 17.5 Å². The molecule has 1 heterocycles. The highest BCUT2D eigenvalue weighted by Crippen LogP contribution is 2.34. The van der Waals surface area contributed by atoms with Crippen LogP contribution in [0.2, 0.25) is 0 Å². The first-order chi connectivity index (χ1) is 12.2. The number of carbonyl (C=O) groups excluding carboxylic acids is 2. The maximum absolute atomic E-state index is 12.5. The molecule has 1 unspecified atom stereocenters. The van der Waals surface area contributed by atoms with Crippen LogP contribution < -0.4 is 9.62 Å². The van der Waals surface area contributed by atoms with Gasteiger partial charge in [0.05, 0.1) is 11.9 Å². The number of ketones is 1. The average Bonchev–Trinajstić information content (AvgIpc) is 2.90. The van der Waals surface area contributed by atoms with Crippen LogP contribution in [0.5, 0.6) is 0 Å². The number of fused-ring (bicyclic) bond motifs is 1. The maximum Gasteiger partial charge on any atom is 0.255 e. The van der Waals surface area contributed by atoms with Crippen LogP contribution in [-0.2, 0) is 16.4 Å². The Labute approximate surface area is 152 Å². The number of nitrogens with one attached hydrogen (secondary N) is 1. The number of rotatable bonds is 4. The van der Waals surface area contributed by atoms with Gasteiger partial charge in [-0.3, -0.25) is 13.9 Å². The van der Waals surface area contributed by atoms with Crippen LogP contribution in [0.4, 0.5) is 11.4 Å². The summed E-state index contributed by atoms with van der Waals surface area (Å²) in [5.74, 6) is -0.320. The first kappa shape index (κ1) is 18.1. The Kier molecular flexibility index (Phi) is 4.58. The van der Waals surface area contributed by atoms with Crippen LogP contribution in [0.15, 0.2) is 42.5 Å². The lowest BCUT2D eigenvalue weighted by molar-refractivity contribution is 0.101. The average molecular weight is 372 g/mol. The number of nitrogens with zero attached hydrogens (tertiary/aromatic N) is 1. The highest BCUT2D eigenvalue weighted by Gasteiger charge is 2.32. The molecule has 0 saturated heterocycles. The van der Waals surface area contributed by atoms with Crippen molar-refractivity contribution in [3.05, 3.63) is 59.2 Å². The Morgan fingerprint density at radius 2 is 1.69 bits per heavy atom. The molecule has 3 rings (SSSR count). The third kappa shape index (κ3) is 3.48. The van der Waals surface area contributed by atoms with Gasteiger partial charge in [0.25, 0.3) is 5.91 Å². The van der Waals surface area contributed by atoms with Crippen molar-refractivity contribution in [2.45, 2.75) is 26.3 Å². The normalized spacial score (nSPS) is 16.3. The number of Topliss-reactive ketones (excluding diaryl/α,β-unsaturated/α-hetero) is 1. The van der Waals surface area contributed by atoms with Gasteiger partial charge in [-0.25, -0.2) is 8.42 Å². The molecule has 1 atom stereocenters. The molecule has 0 saturated carbocycles. The summed E-state index contributed by atoms with van der Waals surface area (Å²) in [5, 5.41) is 2.79. The lowest BCUT2D eigenvalue weighted by Gasteiger charge is -2.21. The second-order valence-electron chi connectivity index (χ2n) is 6.54. The number of amides is 1. The summed E-state index contributed by atoms with van der Waals surface area (Å²) >= 11 is 0. The predicted octanol–water partition coefficient (Wildman–Crippen LogP) is 2.85. The van der Waals surface area contributed by atoms with E-state index in [9.17, 15) is 18.0 Å². The Morgan fingerprint density at radius 1 is 1.08 bits per heavy atom. The SMILES string of the molecule is CC(=O)c1ccc(NC(=O)c2ccc3c(c2)CC(C)N3S(C)(=O)=O)cc1. The van der Waals surface area contributed by atoms with Gasteiger partial charge in [-0.15, -0.1) is 0 Å². The Morgan fingerprint density at radius 3 is 2.27 bits per heavy atom. The molecule has 0 radical (unpaired) electrons. The lowest BCUT2D eigenvalue weighted by Crippen LogP contribution is -2.34. The summed E-state index contributed by atoms with van der Waals surface area (Å²) < 4.78 is 25.3. The molecule has 1 aliphatic rings. The zero-order valence-corrected chi connectivity index (χ0v) is 15.6. The summed E-state index contributed by atoms with van der Waals surface area (Å²) in [6.07, 6.45) is 1.75. The van der Waals surface area contributed by atoms with Gasteiger partial charge in [-0.1, -0.05) is 0 Å². The highest BCUT2D eigenvalue weighted by atomic mass is 32.2. The molecule has 1 amide bonds. The lowest BCUT2D eigenvalue weighted by atomic mass is 10.1. The number of hydrogen-bond acceptors (Lipinski definition) is 4. The fraction of sp³-hybridized carbons (Fsp3) is 0.263. The van der Waals surface area contributed by atoms with E-state index in [2.05, 4.69) is 5.32 Å². The van der Waals surface area contributed by atoms with E-state index in [1.54, 1.807) is 42.5 Å². The monoisotopic (exact) mass is 372 g/mol. The molecule has 0 fully saturated rings. The molecule has 1 N–H and O–H groups in total. The first-order valence-corrected chi connectivity index (χ1v) is 10.1. The van der Waals surface area contributed by atoms with Crippen LogP contribution in [0.25, 0.3) is 0 Å². The van der Waals surface area contributed by atoms with Crippen molar-refractivity contribution in [1.29, 1.82) is 0 Å². The minimum absolute atomic E-state index is 0.0361. The topological polar surface area (TPSA) is 83.6 Å². The molecule has 2 aromatic carbocycles. The number of hydrogen-bond donors (Lipinski definition) is 1. The third-order valence-electron chi connectivity index (χ3n) is 4.40. The van der Waals surface area contributed by atoms with Gasteiger partial charge in [0, 0.05) is 22.9 Å². The molecule has 0 bridgehead atoms. The molecule has 0 aliphatic carbocycles.